The fourth-order valence-corrected chi connectivity index (χ4v) is 4.51. The first-order valence-electron chi connectivity index (χ1n) is 7.36. The van der Waals surface area contributed by atoms with Crippen LogP contribution in [0.2, 0.25) is 6.04 Å². The maximum absolute atomic E-state index is 11.3. The zero-order valence-electron chi connectivity index (χ0n) is 13.3. The van der Waals surface area contributed by atoms with Crippen LogP contribution >= 0.6 is 0 Å². The highest BCUT2D eigenvalue weighted by Crippen LogP contribution is 2.19. The number of unbranched alkanes of at least 4 members (excludes halogenated alkanes) is 1. The van der Waals surface area contributed by atoms with Gasteiger partial charge in [-0.1, -0.05) is 6.58 Å². The molecule has 1 amide bonds. The van der Waals surface area contributed by atoms with Gasteiger partial charge >= 0.3 is 8.80 Å². The summed E-state index contributed by atoms with van der Waals surface area (Å²) in [6.07, 6.45) is 1.78. The van der Waals surface area contributed by atoms with E-state index in [4.69, 9.17) is 13.3 Å². The van der Waals surface area contributed by atoms with Crippen molar-refractivity contribution in [1.29, 1.82) is 0 Å². The van der Waals surface area contributed by atoms with Crippen LogP contribution in [0.5, 0.6) is 0 Å². The number of amides is 1. The molecule has 0 radical (unpaired) electrons. The molecular weight excluding hydrogens is 274 g/mol. The normalized spacial score (nSPS) is 11.4. The van der Waals surface area contributed by atoms with E-state index >= 15 is 0 Å². The molecule has 6 heteroatoms. The van der Waals surface area contributed by atoms with Crippen LogP contribution in [0.4, 0.5) is 0 Å². The molecule has 0 spiro atoms. The minimum absolute atomic E-state index is 0.0899. The molecular formula is C14H29NO4Si. The fourth-order valence-electron chi connectivity index (χ4n) is 1.82. The monoisotopic (exact) mass is 303 g/mol. The van der Waals surface area contributed by atoms with Crippen molar-refractivity contribution in [2.45, 2.75) is 46.6 Å². The Morgan fingerprint density at radius 2 is 1.55 bits per heavy atom. The molecule has 0 unspecified atom stereocenters. The van der Waals surface area contributed by atoms with Gasteiger partial charge in [0.1, 0.15) is 0 Å². The average Bonchev–Trinajstić information content (AvgIpc) is 2.39. The van der Waals surface area contributed by atoms with Crippen LogP contribution in [0, 0.1) is 0 Å². The van der Waals surface area contributed by atoms with Gasteiger partial charge in [0.25, 0.3) is 0 Å². The molecule has 20 heavy (non-hydrogen) atoms. The molecule has 1 N–H and O–H groups in total. The van der Waals surface area contributed by atoms with Crippen LogP contribution < -0.4 is 5.32 Å². The van der Waals surface area contributed by atoms with Crippen molar-refractivity contribution >= 4 is 14.7 Å². The van der Waals surface area contributed by atoms with Gasteiger partial charge in [0.05, 0.1) is 0 Å². The summed E-state index contributed by atoms with van der Waals surface area (Å²) in [5.74, 6) is -0.0899. The van der Waals surface area contributed by atoms with Crippen LogP contribution in [0.15, 0.2) is 12.2 Å². The molecule has 0 rings (SSSR count). The van der Waals surface area contributed by atoms with E-state index in [1.54, 1.807) is 6.92 Å². The first-order valence-corrected chi connectivity index (χ1v) is 9.30. The molecule has 0 aromatic carbocycles. The first-order chi connectivity index (χ1) is 9.51. The Bertz CT molecular complexity index is 280. The van der Waals surface area contributed by atoms with Crippen LogP contribution in [-0.4, -0.2) is 41.1 Å². The summed E-state index contributed by atoms with van der Waals surface area (Å²) in [6, 6.07) is 0.783. The smallest absolute Gasteiger partial charge is 0.374 e. The molecule has 118 valence electrons. The van der Waals surface area contributed by atoms with Gasteiger partial charge in [-0.05, 0) is 40.5 Å². The van der Waals surface area contributed by atoms with E-state index in [0.29, 0.717) is 31.9 Å². The van der Waals surface area contributed by atoms with Crippen molar-refractivity contribution in [2.75, 3.05) is 26.4 Å². The Morgan fingerprint density at radius 1 is 1.05 bits per heavy atom. The maximum atomic E-state index is 11.3. The van der Waals surface area contributed by atoms with Crippen LogP contribution in [-0.2, 0) is 18.1 Å². The van der Waals surface area contributed by atoms with Crippen molar-refractivity contribution in [3.8, 4) is 0 Å². The van der Waals surface area contributed by atoms with E-state index in [1.807, 2.05) is 20.8 Å². The molecule has 0 atom stereocenters. The summed E-state index contributed by atoms with van der Waals surface area (Å²) >= 11 is 0. The van der Waals surface area contributed by atoms with Crippen LogP contribution in [0.1, 0.15) is 40.5 Å². The molecule has 0 heterocycles. The average molecular weight is 303 g/mol. The van der Waals surface area contributed by atoms with Gasteiger partial charge in [-0.3, -0.25) is 4.79 Å². The summed E-state index contributed by atoms with van der Waals surface area (Å²) in [4.78, 5) is 11.3. The number of carbonyl (C=O) groups excluding carboxylic acids is 1. The minimum atomic E-state index is -2.52. The Hall–Kier alpha value is -0.693. The highest BCUT2D eigenvalue weighted by molar-refractivity contribution is 6.60. The van der Waals surface area contributed by atoms with E-state index in [-0.39, 0.29) is 5.91 Å². The van der Waals surface area contributed by atoms with Gasteiger partial charge < -0.3 is 18.6 Å². The Kier molecular flexibility index (Phi) is 10.6. The fraction of sp³-hybridized carbons (Fsp3) is 0.786. The van der Waals surface area contributed by atoms with E-state index in [2.05, 4.69) is 11.9 Å². The lowest BCUT2D eigenvalue weighted by Gasteiger charge is -2.28. The molecule has 0 aromatic heterocycles. The summed E-state index contributed by atoms with van der Waals surface area (Å²) < 4.78 is 17.3. The van der Waals surface area contributed by atoms with E-state index < -0.39 is 8.80 Å². The number of rotatable bonds is 12. The van der Waals surface area contributed by atoms with Gasteiger partial charge in [-0.25, -0.2) is 0 Å². The van der Waals surface area contributed by atoms with E-state index in [0.717, 1.165) is 18.9 Å². The lowest BCUT2D eigenvalue weighted by Crippen LogP contribution is -2.46. The number of hydrogen-bond donors (Lipinski definition) is 1. The van der Waals surface area contributed by atoms with Gasteiger partial charge in [0.15, 0.2) is 0 Å². The molecule has 0 saturated carbocycles. The van der Waals surface area contributed by atoms with Crippen molar-refractivity contribution in [3.05, 3.63) is 12.2 Å². The van der Waals surface area contributed by atoms with E-state index in [9.17, 15) is 4.79 Å². The topological polar surface area (TPSA) is 56.8 Å². The summed E-state index contributed by atoms with van der Waals surface area (Å²) in [7, 11) is -2.52. The van der Waals surface area contributed by atoms with Crippen molar-refractivity contribution < 1.29 is 18.1 Å². The second-order valence-electron chi connectivity index (χ2n) is 4.48. The molecule has 0 saturated heterocycles. The molecule has 0 aliphatic heterocycles. The van der Waals surface area contributed by atoms with Gasteiger partial charge in [-0.2, -0.15) is 0 Å². The third-order valence-corrected chi connectivity index (χ3v) is 5.83. The third-order valence-electron chi connectivity index (χ3n) is 2.68. The highest BCUT2D eigenvalue weighted by Gasteiger charge is 2.39. The van der Waals surface area contributed by atoms with Crippen molar-refractivity contribution in [1.82, 2.24) is 5.32 Å². The first kappa shape index (κ1) is 19.3. The van der Waals surface area contributed by atoms with Crippen LogP contribution in [0.25, 0.3) is 0 Å². The van der Waals surface area contributed by atoms with Gasteiger partial charge in [-0.15, -0.1) is 0 Å². The molecule has 0 aliphatic rings. The molecule has 0 bridgehead atoms. The number of carbonyl (C=O) groups is 1. The van der Waals surface area contributed by atoms with E-state index in [1.165, 1.54) is 0 Å². The summed E-state index contributed by atoms with van der Waals surface area (Å²) in [5, 5.41) is 2.82. The molecule has 0 fully saturated rings. The maximum Gasteiger partial charge on any atom is 0.500 e. The van der Waals surface area contributed by atoms with Crippen molar-refractivity contribution in [2.24, 2.45) is 0 Å². The lowest BCUT2D eigenvalue weighted by molar-refractivity contribution is -0.117. The van der Waals surface area contributed by atoms with Crippen molar-refractivity contribution in [3.63, 3.8) is 0 Å². The second kappa shape index (κ2) is 11.0. The highest BCUT2D eigenvalue weighted by atomic mass is 28.4. The summed E-state index contributed by atoms with van der Waals surface area (Å²) in [5.41, 5.74) is 0.534. The standard InChI is InChI=1S/C14H29NO4Si/c1-6-17-20(18-7-2,19-8-3)12-10-9-11-15-14(16)13(4)5/h4,6-12H2,1-3,5H3,(H,15,16). The van der Waals surface area contributed by atoms with Crippen LogP contribution in [0.3, 0.4) is 0 Å². The molecule has 0 aliphatic carbocycles. The Morgan fingerprint density at radius 3 is 1.95 bits per heavy atom. The second-order valence-corrected chi connectivity index (χ2v) is 7.21. The van der Waals surface area contributed by atoms with Gasteiger partial charge in [0.2, 0.25) is 5.91 Å². The minimum Gasteiger partial charge on any atom is -0.374 e. The zero-order chi connectivity index (χ0) is 15.4. The predicted octanol–water partition coefficient (Wildman–Crippen LogP) is 2.51. The lowest BCUT2D eigenvalue weighted by atomic mass is 10.3. The molecule has 0 aromatic rings. The predicted molar refractivity (Wildman–Crippen MR) is 82.5 cm³/mol. The quantitative estimate of drug-likeness (QED) is 0.342. The largest absolute Gasteiger partial charge is 0.500 e. The van der Waals surface area contributed by atoms with Gasteiger partial charge in [0, 0.05) is 38.0 Å². The third kappa shape index (κ3) is 7.79. The SMILES string of the molecule is C=C(C)C(=O)NCCCC[Si](OCC)(OCC)OCC. The Balaban J connectivity index is 4.12. The Labute approximate surface area is 124 Å². The summed E-state index contributed by atoms with van der Waals surface area (Å²) in [6.45, 7) is 13.6. The number of nitrogens with one attached hydrogen (secondary N) is 1. The number of hydrogen-bond acceptors (Lipinski definition) is 4. The zero-order valence-corrected chi connectivity index (χ0v) is 14.3. The molecule has 5 nitrogen and oxygen atoms in total.